The molecule has 1 aliphatic carbocycles. The van der Waals surface area contributed by atoms with Crippen LogP contribution in [0.5, 0.6) is 5.75 Å². The summed E-state index contributed by atoms with van der Waals surface area (Å²) in [6.45, 7) is 1.13. The van der Waals surface area contributed by atoms with E-state index in [1.54, 1.807) is 56.5 Å². The van der Waals surface area contributed by atoms with Crippen molar-refractivity contribution in [2.24, 2.45) is 0 Å². The van der Waals surface area contributed by atoms with Gasteiger partial charge in [0.25, 0.3) is 10.0 Å². The van der Waals surface area contributed by atoms with Crippen LogP contribution in [0.15, 0.2) is 83.8 Å². The molecule has 0 bridgehead atoms. The quantitative estimate of drug-likeness (QED) is 0.368. The molecule has 1 aliphatic rings. The first-order valence-corrected chi connectivity index (χ1v) is 14.7. The number of methoxy groups -OCH3 is 1. The lowest BCUT2D eigenvalue weighted by atomic mass is 10.1. The highest BCUT2D eigenvalue weighted by Gasteiger charge is 2.33. The fourth-order valence-corrected chi connectivity index (χ4v) is 6.19. The van der Waals surface area contributed by atoms with Crippen LogP contribution in [0.3, 0.4) is 0 Å². The molecule has 4 rings (SSSR count). The fraction of sp³-hybridized carbons (Fsp3) is 0.333. The van der Waals surface area contributed by atoms with Crippen molar-refractivity contribution in [2.45, 2.75) is 56.1 Å². The SMILES string of the molecule is COc1ccc(CN(C(=O)CN(c2ccc(F)cc2)S(=O)(=O)c2ccccc2)[C@@H](C)C(=O)NC2CCCC2)cc1. The average Bonchev–Trinajstić information content (AvgIpc) is 3.48. The molecule has 1 N–H and O–H groups in total. The maximum atomic E-state index is 13.9. The first kappa shape index (κ1) is 29.1. The van der Waals surface area contributed by atoms with Crippen molar-refractivity contribution in [3.63, 3.8) is 0 Å². The zero-order valence-corrected chi connectivity index (χ0v) is 23.4. The molecule has 1 atom stereocenters. The summed E-state index contributed by atoms with van der Waals surface area (Å²) in [7, 11) is -2.64. The van der Waals surface area contributed by atoms with Gasteiger partial charge in [0.2, 0.25) is 11.8 Å². The molecule has 2 amide bonds. The van der Waals surface area contributed by atoms with Gasteiger partial charge >= 0.3 is 0 Å². The molecular formula is C30H34FN3O5S. The van der Waals surface area contributed by atoms with Gasteiger partial charge in [0.1, 0.15) is 24.2 Å². The van der Waals surface area contributed by atoms with Crippen LogP contribution < -0.4 is 14.4 Å². The highest BCUT2D eigenvalue weighted by atomic mass is 32.2. The summed E-state index contributed by atoms with van der Waals surface area (Å²) in [5, 5.41) is 3.04. The van der Waals surface area contributed by atoms with E-state index in [9.17, 15) is 22.4 Å². The van der Waals surface area contributed by atoms with E-state index in [4.69, 9.17) is 4.74 Å². The molecule has 212 valence electrons. The normalized spacial score (nSPS) is 14.4. The molecule has 8 nitrogen and oxygen atoms in total. The Hall–Kier alpha value is -3.92. The van der Waals surface area contributed by atoms with Crippen LogP contribution in [-0.2, 0) is 26.2 Å². The summed E-state index contributed by atoms with van der Waals surface area (Å²) in [6.07, 6.45) is 3.85. The van der Waals surface area contributed by atoms with Crippen LogP contribution in [0.25, 0.3) is 0 Å². The Balaban J connectivity index is 1.66. The molecule has 0 aliphatic heterocycles. The van der Waals surface area contributed by atoms with E-state index >= 15 is 0 Å². The summed E-state index contributed by atoms with van der Waals surface area (Å²) in [5.74, 6) is -0.766. The van der Waals surface area contributed by atoms with Gasteiger partial charge in [-0.3, -0.25) is 13.9 Å². The summed E-state index contributed by atoms with van der Waals surface area (Å²) in [6, 6.07) is 18.9. The Morgan fingerprint density at radius 1 is 0.975 bits per heavy atom. The van der Waals surface area contributed by atoms with E-state index in [2.05, 4.69) is 5.32 Å². The zero-order chi connectivity index (χ0) is 28.7. The minimum absolute atomic E-state index is 0.0131. The van der Waals surface area contributed by atoms with Crippen LogP contribution >= 0.6 is 0 Å². The molecule has 0 heterocycles. The number of sulfonamides is 1. The second kappa shape index (κ2) is 13.0. The largest absolute Gasteiger partial charge is 0.497 e. The van der Waals surface area contributed by atoms with Crippen molar-refractivity contribution in [3.8, 4) is 5.75 Å². The monoisotopic (exact) mass is 567 g/mol. The van der Waals surface area contributed by atoms with Crippen molar-refractivity contribution >= 4 is 27.5 Å². The third-order valence-corrected chi connectivity index (χ3v) is 8.89. The van der Waals surface area contributed by atoms with Gasteiger partial charge in [-0.25, -0.2) is 12.8 Å². The van der Waals surface area contributed by atoms with Crippen molar-refractivity contribution in [1.82, 2.24) is 10.2 Å². The minimum atomic E-state index is -4.20. The predicted octanol–water partition coefficient (Wildman–Crippen LogP) is 4.51. The van der Waals surface area contributed by atoms with Gasteiger partial charge in [0.05, 0.1) is 17.7 Å². The first-order chi connectivity index (χ1) is 19.2. The molecule has 0 radical (unpaired) electrons. The van der Waals surface area contributed by atoms with Gasteiger partial charge in [-0.2, -0.15) is 0 Å². The number of amides is 2. The molecule has 3 aromatic rings. The van der Waals surface area contributed by atoms with E-state index in [1.807, 2.05) is 0 Å². The Labute approximate surface area is 234 Å². The van der Waals surface area contributed by atoms with Crippen molar-refractivity contribution in [1.29, 1.82) is 0 Å². The topological polar surface area (TPSA) is 96.0 Å². The van der Waals surface area contributed by atoms with E-state index in [1.165, 1.54) is 29.2 Å². The number of anilines is 1. The average molecular weight is 568 g/mol. The predicted molar refractivity (Wildman–Crippen MR) is 151 cm³/mol. The lowest BCUT2D eigenvalue weighted by molar-refractivity contribution is -0.139. The molecule has 40 heavy (non-hydrogen) atoms. The van der Waals surface area contributed by atoms with E-state index < -0.39 is 34.3 Å². The van der Waals surface area contributed by atoms with Gasteiger partial charge in [-0.05, 0) is 73.9 Å². The van der Waals surface area contributed by atoms with Crippen molar-refractivity contribution in [3.05, 3.63) is 90.2 Å². The lowest BCUT2D eigenvalue weighted by Gasteiger charge is -2.32. The number of nitrogens with zero attached hydrogens (tertiary/aromatic N) is 2. The van der Waals surface area contributed by atoms with Gasteiger partial charge in [-0.15, -0.1) is 0 Å². The van der Waals surface area contributed by atoms with Crippen LogP contribution in [0, 0.1) is 5.82 Å². The number of ether oxygens (including phenoxy) is 1. The van der Waals surface area contributed by atoms with Crippen molar-refractivity contribution in [2.75, 3.05) is 18.0 Å². The van der Waals surface area contributed by atoms with Crippen LogP contribution in [0.1, 0.15) is 38.2 Å². The molecule has 0 unspecified atom stereocenters. The van der Waals surface area contributed by atoms with Gasteiger partial charge in [0, 0.05) is 12.6 Å². The Kier molecular flexibility index (Phi) is 9.42. The smallest absolute Gasteiger partial charge is 0.264 e. The summed E-state index contributed by atoms with van der Waals surface area (Å²) in [5.41, 5.74) is 0.875. The third kappa shape index (κ3) is 6.98. The van der Waals surface area contributed by atoms with E-state index in [0.717, 1.165) is 47.7 Å². The summed E-state index contributed by atoms with van der Waals surface area (Å²) >= 11 is 0. The molecule has 0 saturated heterocycles. The summed E-state index contributed by atoms with van der Waals surface area (Å²) < 4.78 is 47.3. The molecule has 1 saturated carbocycles. The van der Waals surface area contributed by atoms with E-state index in [0.29, 0.717) is 5.75 Å². The minimum Gasteiger partial charge on any atom is -0.497 e. The molecular weight excluding hydrogens is 533 g/mol. The molecule has 1 fully saturated rings. The Morgan fingerprint density at radius 2 is 1.60 bits per heavy atom. The number of carbonyl (C=O) groups excluding carboxylic acids is 2. The molecule has 10 heteroatoms. The zero-order valence-electron chi connectivity index (χ0n) is 22.6. The maximum absolute atomic E-state index is 13.9. The van der Waals surface area contributed by atoms with Gasteiger partial charge in [0.15, 0.2) is 0 Å². The second-order valence-corrected chi connectivity index (χ2v) is 11.7. The highest BCUT2D eigenvalue weighted by Crippen LogP contribution is 2.25. The van der Waals surface area contributed by atoms with Crippen molar-refractivity contribution < 1.29 is 27.1 Å². The molecule has 0 spiro atoms. The second-order valence-electron chi connectivity index (χ2n) is 9.84. The van der Waals surface area contributed by atoms with Crippen LogP contribution in [-0.4, -0.2) is 50.9 Å². The van der Waals surface area contributed by atoms with E-state index in [-0.39, 0.29) is 29.1 Å². The summed E-state index contributed by atoms with van der Waals surface area (Å²) in [4.78, 5) is 28.5. The third-order valence-electron chi connectivity index (χ3n) is 7.11. The number of benzene rings is 3. The first-order valence-electron chi connectivity index (χ1n) is 13.2. The lowest BCUT2D eigenvalue weighted by Crippen LogP contribution is -2.52. The van der Waals surface area contributed by atoms with Crippen LogP contribution in [0.2, 0.25) is 0 Å². The molecule has 3 aromatic carbocycles. The number of halogens is 1. The molecule has 0 aromatic heterocycles. The maximum Gasteiger partial charge on any atom is 0.264 e. The Morgan fingerprint density at radius 3 is 2.20 bits per heavy atom. The van der Waals surface area contributed by atoms with Gasteiger partial charge in [-0.1, -0.05) is 43.2 Å². The van der Waals surface area contributed by atoms with Crippen LogP contribution in [0.4, 0.5) is 10.1 Å². The highest BCUT2D eigenvalue weighted by molar-refractivity contribution is 7.92. The number of rotatable bonds is 11. The Bertz CT molecular complexity index is 1390. The number of hydrogen-bond donors (Lipinski definition) is 1. The number of hydrogen-bond acceptors (Lipinski definition) is 5. The number of carbonyl (C=O) groups is 2. The number of nitrogens with one attached hydrogen (secondary N) is 1. The fourth-order valence-electron chi connectivity index (χ4n) is 4.76. The standard InChI is InChI=1S/C30H34FN3O5S/c1-22(30(36)32-25-8-6-7-9-25)33(20-23-12-18-27(39-2)19-13-23)29(35)21-34(26-16-14-24(31)15-17-26)40(37,38)28-10-4-3-5-11-28/h3-5,10-19,22,25H,6-9,20-21H2,1-2H3,(H,32,36)/t22-/m0/s1. The van der Waals surface area contributed by atoms with Gasteiger partial charge < -0.3 is 15.0 Å².